The zero-order valence-electron chi connectivity index (χ0n) is 19.8. The number of nitrogens with one attached hydrogen (secondary N) is 1. The highest BCUT2D eigenvalue weighted by atomic mass is 127. The second-order valence-electron chi connectivity index (χ2n) is 8.39. The molecule has 182 valence electrons. The van der Waals surface area contributed by atoms with Crippen LogP contribution in [-0.4, -0.2) is 88.6 Å². The molecule has 2 fully saturated rings. The average Bonchev–Trinajstić information content (AvgIpc) is 2.82. The van der Waals surface area contributed by atoms with Crippen LogP contribution in [0.5, 0.6) is 5.75 Å². The third kappa shape index (κ3) is 9.80. The molecule has 0 spiro atoms. The molecule has 0 bridgehead atoms. The molecule has 0 atom stereocenters. The Bertz CT molecular complexity index is 664. The zero-order chi connectivity index (χ0) is 21.7. The van der Waals surface area contributed by atoms with Gasteiger partial charge in [0.25, 0.3) is 0 Å². The van der Waals surface area contributed by atoms with E-state index in [1.165, 1.54) is 19.3 Å². The molecule has 0 radical (unpaired) electrons. The predicted octanol–water partition coefficient (Wildman–Crippen LogP) is 3.23. The maximum atomic E-state index is 5.99. The van der Waals surface area contributed by atoms with Gasteiger partial charge in [-0.1, -0.05) is 12.1 Å². The molecule has 2 aliphatic rings. The Labute approximate surface area is 210 Å². The van der Waals surface area contributed by atoms with Crippen molar-refractivity contribution in [3.63, 3.8) is 0 Å². The van der Waals surface area contributed by atoms with Gasteiger partial charge in [-0.05, 0) is 49.8 Å². The zero-order valence-corrected chi connectivity index (χ0v) is 22.1. The van der Waals surface area contributed by atoms with E-state index in [1.54, 1.807) is 0 Å². The molecule has 7 nitrogen and oxygen atoms in total. The molecule has 2 saturated heterocycles. The first-order valence-corrected chi connectivity index (χ1v) is 11.8. The lowest BCUT2D eigenvalue weighted by molar-refractivity contribution is 0.0322. The minimum Gasteiger partial charge on any atom is -0.492 e. The summed E-state index contributed by atoms with van der Waals surface area (Å²) in [5.41, 5.74) is 1.16. The quantitative estimate of drug-likeness (QED) is 0.270. The number of guanidine groups is 1. The second kappa shape index (κ2) is 15.7. The molecule has 0 saturated carbocycles. The van der Waals surface area contributed by atoms with Gasteiger partial charge in [-0.3, -0.25) is 4.90 Å². The molecule has 2 aliphatic heterocycles. The summed E-state index contributed by atoms with van der Waals surface area (Å²) >= 11 is 0. The maximum absolute atomic E-state index is 5.99. The molecule has 0 unspecified atom stereocenters. The van der Waals surface area contributed by atoms with Crippen LogP contribution in [0.3, 0.4) is 0 Å². The first kappa shape index (κ1) is 27.1. The van der Waals surface area contributed by atoms with Crippen molar-refractivity contribution in [2.24, 2.45) is 10.9 Å². The summed E-state index contributed by atoms with van der Waals surface area (Å²) in [5.74, 6) is 2.65. The van der Waals surface area contributed by atoms with Crippen LogP contribution in [0.2, 0.25) is 0 Å². The van der Waals surface area contributed by atoms with E-state index in [2.05, 4.69) is 47.3 Å². The SMILES string of the molecule is CCNC(=NCc1cccc(OCCN2CCOCC2)c1)N(C)CCC1CCOCC1.I. The Morgan fingerprint density at radius 2 is 1.94 bits per heavy atom. The van der Waals surface area contributed by atoms with Crippen LogP contribution in [-0.2, 0) is 16.0 Å². The molecular formula is C24H41IN4O3. The molecule has 1 N–H and O–H groups in total. The number of morpholine rings is 1. The van der Waals surface area contributed by atoms with Gasteiger partial charge in [0.15, 0.2) is 5.96 Å². The van der Waals surface area contributed by atoms with E-state index in [0.717, 1.165) is 82.3 Å². The first-order chi connectivity index (χ1) is 15.2. The minimum atomic E-state index is 0. The van der Waals surface area contributed by atoms with Gasteiger partial charge < -0.3 is 24.4 Å². The summed E-state index contributed by atoms with van der Waals surface area (Å²) in [6.07, 6.45) is 3.55. The number of benzene rings is 1. The molecule has 3 rings (SSSR count). The van der Waals surface area contributed by atoms with E-state index in [9.17, 15) is 0 Å². The van der Waals surface area contributed by atoms with Crippen LogP contribution in [0.15, 0.2) is 29.3 Å². The third-order valence-corrected chi connectivity index (χ3v) is 6.00. The van der Waals surface area contributed by atoms with Gasteiger partial charge in [0, 0.05) is 53.0 Å². The van der Waals surface area contributed by atoms with Crippen LogP contribution in [0.1, 0.15) is 31.7 Å². The van der Waals surface area contributed by atoms with E-state index >= 15 is 0 Å². The number of rotatable bonds is 10. The predicted molar refractivity (Wildman–Crippen MR) is 140 cm³/mol. The van der Waals surface area contributed by atoms with Crippen molar-refractivity contribution < 1.29 is 14.2 Å². The normalized spacial score (nSPS) is 18.1. The van der Waals surface area contributed by atoms with Crippen molar-refractivity contribution in [3.8, 4) is 5.75 Å². The summed E-state index contributed by atoms with van der Waals surface area (Å²) in [7, 11) is 2.13. The highest BCUT2D eigenvalue weighted by Crippen LogP contribution is 2.19. The fraction of sp³-hybridized carbons (Fsp3) is 0.708. The summed E-state index contributed by atoms with van der Waals surface area (Å²) < 4.78 is 16.9. The minimum absolute atomic E-state index is 0. The van der Waals surface area contributed by atoms with Crippen LogP contribution >= 0.6 is 24.0 Å². The molecule has 2 heterocycles. The Hall–Kier alpha value is -1.10. The average molecular weight is 561 g/mol. The number of ether oxygens (including phenoxy) is 3. The number of hydrogen-bond acceptors (Lipinski definition) is 5. The smallest absolute Gasteiger partial charge is 0.193 e. The fourth-order valence-electron chi connectivity index (χ4n) is 4.00. The van der Waals surface area contributed by atoms with Crippen LogP contribution in [0, 0.1) is 5.92 Å². The lowest BCUT2D eigenvalue weighted by Crippen LogP contribution is -2.40. The van der Waals surface area contributed by atoms with Crippen molar-refractivity contribution in [1.82, 2.24) is 15.1 Å². The highest BCUT2D eigenvalue weighted by Gasteiger charge is 2.15. The summed E-state index contributed by atoms with van der Waals surface area (Å²) in [4.78, 5) is 9.51. The van der Waals surface area contributed by atoms with Crippen molar-refractivity contribution in [2.75, 3.05) is 72.8 Å². The molecule has 0 aromatic heterocycles. The van der Waals surface area contributed by atoms with Crippen molar-refractivity contribution in [1.29, 1.82) is 0 Å². The summed E-state index contributed by atoms with van der Waals surface area (Å²) in [6.45, 7) is 11.7. The Morgan fingerprint density at radius 3 is 2.69 bits per heavy atom. The molecule has 8 heteroatoms. The van der Waals surface area contributed by atoms with Crippen LogP contribution in [0.25, 0.3) is 0 Å². The number of halogens is 1. The lowest BCUT2D eigenvalue weighted by Gasteiger charge is -2.27. The third-order valence-electron chi connectivity index (χ3n) is 6.00. The molecule has 0 amide bonds. The standard InChI is InChI=1S/C24H40N4O3.HI/c1-3-25-24(27(2)10-7-21-8-14-29-15-9-21)26-20-22-5-4-6-23(19-22)31-18-13-28-11-16-30-17-12-28;/h4-6,19,21H,3,7-18,20H2,1-2H3,(H,25,26);1H. The molecular weight excluding hydrogens is 519 g/mol. The number of nitrogens with zero attached hydrogens (tertiary/aromatic N) is 3. The van der Waals surface area contributed by atoms with Gasteiger partial charge in [-0.15, -0.1) is 24.0 Å². The molecule has 0 aliphatic carbocycles. The van der Waals surface area contributed by atoms with Gasteiger partial charge in [-0.25, -0.2) is 4.99 Å². The number of hydrogen-bond donors (Lipinski definition) is 1. The van der Waals surface area contributed by atoms with E-state index in [0.29, 0.717) is 13.2 Å². The van der Waals surface area contributed by atoms with Gasteiger partial charge in [0.05, 0.1) is 19.8 Å². The van der Waals surface area contributed by atoms with E-state index < -0.39 is 0 Å². The lowest BCUT2D eigenvalue weighted by atomic mass is 9.96. The Kier molecular flexibility index (Phi) is 13.3. The van der Waals surface area contributed by atoms with Gasteiger partial charge in [0.1, 0.15) is 12.4 Å². The molecule has 1 aromatic rings. The second-order valence-corrected chi connectivity index (χ2v) is 8.39. The van der Waals surface area contributed by atoms with Crippen molar-refractivity contribution in [2.45, 2.75) is 32.7 Å². The monoisotopic (exact) mass is 560 g/mol. The highest BCUT2D eigenvalue weighted by molar-refractivity contribution is 14.0. The summed E-state index contributed by atoms with van der Waals surface area (Å²) in [6, 6.07) is 8.30. The Balaban J connectivity index is 0.00000363. The van der Waals surface area contributed by atoms with E-state index in [1.807, 2.05) is 6.07 Å². The van der Waals surface area contributed by atoms with Gasteiger partial charge in [-0.2, -0.15) is 0 Å². The maximum Gasteiger partial charge on any atom is 0.193 e. The number of aliphatic imine (C=N–C) groups is 1. The molecule has 32 heavy (non-hydrogen) atoms. The van der Waals surface area contributed by atoms with E-state index in [-0.39, 0.29) is 24.0 Å². The topological polar surface area (TPSA) is 58.6 Å². The largest absolute Gasteiger partial charge is 0.492 e. The van der Waals surface area contributed by atoms with Crippen molar-refractivity contribution >= 4 is 29.9 Å². The van der Waals surface area contributed by atoms with Crippen molar-refractivity contribution in [3.05, 3.63) is 29.8 Å². The van der Waals surface area contributed by atoms with Gasteiger partial charge >= 0.3 is 0 Å². The van der Waals surface area contributed by atoms with Gasteiger partial charge in [0.2, 0.25) is 0 Å². The summed E-state index contributed by atoms with van der Waals surface area (Å²) in [5, 5.41) is 3.43. The van der Waals surface area contributed by atoms with Crippen LogP contribution < -0.4 is 10.1 Å². The molecule has 1 aromatic carbocycles. The fourth-order valence-corrected chi connectivity index (χ4v) is 4.00. The van der Waals surface area contributed by atoms with E-state index in [4.69, 9.17) is 19.2 Å². The van der Waals surface area contributed by atoms with Crippen LogP contribution in [0.4, 0.5) is 0 Å². The first-order valence-electron chi connectivity index (χ1n) is 11.8. The Morgan fingerprint density at radius 1 is 1.19 bits per heavy atom.